The highest BCUT2D eigenvalue weighted by Crippen LogP contribution is 2.36. The van der Waals surface area contributed by atoms with Gasteiger partial charge in [-0.25, -0.2) is 4.39 Å². The van der Waals surface area contributed by atoms with Gasteiger partial charge < -0.3 is 4.90 Å². The minimum atomic E-state index is -0.347. The SMILES string of the molecule is CC#Cc1cc2c(cc1F)c(N1CCCCc3ccccc31)nc1nncn12. The summed E-state index contributed by atoms with van der Waals surface area (Å²) < 4.78 is 16.5. The van der Waals surface area contributed by atoms with Crippen LogP contribution in [0.1, 0.15) is 30.9 Å². The summed E-state index contributed by atoms with van der Waals surface area (Å²) in [5.74, 6) is 6.46. The highest BCUT2D eigenvalue weighted by Gasteiger charge is 2.22. The third kappa shape index (κ3) is 2.59. The molecule has 0 radical (unpaired) electrons. The number of hydrogen-bond donors (Lipinski definition) is 0. The van der Waals surface area contributed by atoms with E-state index in [0.717, 1.165) is 42.4 Å². The lowest BCUT2D eigenvalue weighted by Crippen LogP contribution is -2.20. The summed E-state index contributed by atoms with van der Waals surface area (Å²) in [6.07, 6.45) is 4.79. The Hall–Kier alpha value is -3.46. The molecule has 0 spiro atoms. The largest absolute Gasteiger partial charge is 0.325 e. The molecule has 5 rings (SSSR count). The van der Waals surface area contributed by atoms with Crippen LogP contribution in [-0.2, 0) is 6.42 Å². The Labute approximate surface area is 161 Å². The molecule has 1 aliphatic heterocycles. The standard InChI is InChI=1S/C22H18FN5/c1-2-7-16-12-20-17(13-18(16)23)21(25-22-26-24-14-28(20)22)27-11-6-5-9-15-8-3-4-10-19(15)27/h3-4,8,10,12-14H,5-6,9,11H2,1H3. The summed E-state index contributed by atoms with van der Waals surface area (Å²) in [6, 6.07) is 11.6. The smallest absolute Gasteiger partial charge is 0.257 e. The van der Waals surface area contributed by atoms with Crippen LogP contribution in [-0.4, -0.2) is 26.1 Å². The molecule has 5 nitrogen and oxygen atoms in total. The normalized spacial score (nSPS) is 13.9. The molecule has 0 aliphatic carbocycles. The van der Waals surface area contributed by atoms with E-state index in [-0.39, 0.29) is 5.82 Å². The van der Waals surface area contributed by atoms with Crippen LogP contribution in [0.25, 0.3) is 16.7 Å². The fourth-order valence-electron chi connectivity index (χ4n) is 3.92. The number of aromatic nitrogens is 4. The van der Waals surface area contributed by atoms with Crippen molar-refractivity contribution in [2.24, 2.45) is 0 Å². The molecule has 4 aromatic rings. The van der Waals surface area contributed by atoms with Gasteiger partial charge in [0.05, 0.1) is 11.1 Å². The van der Waals surface area contributed by atoms with Crippen molar-refractivity contribution in [3.8, 4) is 11.8 Å². The van der Waals surface area contributed by atoms with Crippen LogP contribution >= 0.6 is 0 Å². The molecule has 0 unspecified atom stereocenters. The zero-order valence-corrected chi connectivity index (χ0v) is 15.5. The van der Waals surface area contributed by atoms with Crippen LogP contribution in [0.3, 0.4) is 0 Å². The summed E-state index contributed by atoms with van der Waals surface area (Å²) in [4.78, 5) is 6.94. The number of para-hydroxylation sites is 1. The first-order chi connectivity index (χ1) is 13.8. The first-order valence-electron chi connectivity index (χ1n) is 9.37. The van der Waals surface area contributed by atoms with Gasteiger partial charge in [0.2, 0.25) is 0 Å². The van der Waals surface area contributed by atoms with Crippen molar-refractivity contribution in [2.45, 2.75) is 26.2 Å². The van der Waals surface area contributed by atoms with Crippen molar-refractivity contribution in [2.75, 3.05) is 11.4 Å². The molecule has 2 aromatic carbocycles. The molecule has 0 saturated carbocycles. The maximum Gasteiger partial charge on any atom is 0.257 e. The number of aryl methyl sites for hydroxylation is 1. The van der Waals surface area contributed by atoms with Gasteiger partial charge in [-0.3, -0.25) is 4.40 Å². The van der Waals surface area contributed by atoms with E-state index in [1.54, 1.807) is 23.7 Å². The van der Waals surface area contributed by atoms with Gasteiger partial charge in [-0.2, -0.15) is 4.98 Å². The van der Waals surface area contributed by atoms with Crippen LogP contribution in [0.15, 0.2) is 42.7 Å². The molecule has 28 heavy (non-hydrogen) atoms. The minimum Gasteiger partial charge on any atom is -0.325 e. The molecule has 0 saturated heterocycles. The first kappa shape index (κ1) is 16.7. The molecule has 0 bridgehead atoms. The number of fused-ring (bicyclic) bond motifs is 4. The van der Waals surface area contributed by atoms with Crippen molar-refractivity contribution < 1.29 is 4.39 Å². The van der Waals surface area contributed by atoms with Gasteiger partial charge in [-0.15, -0.1) is 16.1 Å². The second-order valence-corrected chi connectivity index (χ2v) is 6.90. The molecule has 1 aliphatic rings. The molecule has 2 aromatic heterocycles. The maximum atomic E-state index is 14.8. The monoisotopic (exact) mass is 371 g/mol. The lowest BCUT2D eigenvalue weighted by Gasteiger charge is -2.25. The third-order valence-electron chi connectivity index (χ3n) is 5.20. The molecule has 0 amide bonds. The Bertz CT molecular complexity index is 1260. The highest BCUT2D eigenvalue weighted by molar-refractivity contribution is 5.94. The Morgan fingerprint density at radius 3 is 2.93 bits per heavy atom. The van der Waals surface area contributed by atoms with E-state index >= 15 is 0 Å². The van der Waals surface area contributed by atoms with Crippen molar-refractivity contribution in [1.29, 1.82) is 0 Å². The van der Waals surface area contributed by atoms with Gasteiger partial charge in [-0.05, 0) is 49.9 Å². The highest BCUT2D eigenvalue weighted by atomic mass is 19.1. The van der Waals surface area contributed by atoms with Crippen LogP contribution in [0.5, 0.6) is 0 Å². The number of halogens is 1. The topological polar surface area (TPSA) is 46.3 Å². The predicted molar refractivity (Wildman–Crippen MR) is 107 cm³/mol. The van der Waals surface area contributed by atoms with Crippen molar-refractivity contribution in [3.63, 3.8) is 0 Å². The summed E-state index contributed by atoms with van der Waals surface area (Å²) in [5.41, 5.74) is 3.56. The lowest BCUT2D eigenvalue weighted by atomic mass is 10.1. The molecule has 0 atom stereocenters. The Balaban J connectivity index is 1.84. The quantitative estimate of drug-likeness (QED) is 0.469. The summed E-state index contributed by atoms with van der Waals surface area (Å²) >= 11 is 0. The first-order valence-corrected chi connectivity index (χ1v) is 9.37. The summed E-state index contributed by atoms with van der Waals surface area (Å²) in [5, 5.41) is 8.87. The molecule has 3 heterocycles. The van der Waals surface area contributed by atoms with Crippen LogP contribution in [0, 0.1) is 17.7 Å². The summed E-state index contributed by atoms with van der Waals surface area (Å²) in [6.45, 7) is 2.52. The van der Waals surface area contributed by atoms with Gasteiger partial charge in [0, 0.05) is 17.6 Å². The van der Waals surface area contributed by atoms with Crippen molar-refractivity contribution in [1.82, 2.24) is 19.6 Å². The Kier molecular flexibility index (Phi) is 3.94. The maximum absolute atomic E-state index is 14.8. The number of anilines is 2. The zero-order valence-electron chi connectivity index (χ0n) is 15.5. The molecule has 0 fully saturated rings. The van der Waals surface area contributed by atoms with E-state index in [9.17, 15) is 4.39 Å². The van der Waals surface area contributed by atoms with Gasteiger partial charge in [0.1, 0.15) is 18.0 Å². The van der Waals surface area contributed by atoms with E-state index in [1.165, 1.54) is 11.6 Å². The van der Waals surface area contributed by atoms with E-state index in [4.69, 9.17) is 4.98 Å². The Morgan fingerprint density at radius 2 is 2.04 bits per heavy atom. The summed E-state index contributed by atoms with van der Waals surface area (Å²) in [7, 11) is 0. The minimum absolute atomic E-state index is 0.347. The van der Waals surface area contributed by atoms with E-state index < -0.39 is 0 Å². The lowest BCUT2D eigenvalue weighted by molar-refractivity contribution is 0.626. The van der Waals surface area contributed by atoms with Crippen molar-refractivity contribution in [3.05, 3.63) is 59.7 Å². The molecule has 6 heteroatoms. The fourth-order valence-corrected chi connectivity index (χ4v) is 3.92. The fraction of sp³-hybridized carbons (Fsp3) is 0.227. The zero-order chi connectivity index (χ0) is 19.1. The van der Waals surface area contributed by atoms with Crippen LogP contribution < -0.4 is 4.90 Å². The van der Waals surface area contributed by atoms with Crippen LogP contribution in [0.2, 0.25) is 0 Å². The van der Waals surface area contributed by atoms with Gasteiger partial charge >= 0.3 is 0 Å². The van der Waals surface area contributed by atoms with Gasteiger partial charge in [-0.1, -0.05) is 24.1 Å². The van der Waals surface area contributed by atoms with E-state index in [1.807, 2.05) is 6.07 Å². The molecule has 0 N–H and O–H groups in total. The average Bonchev–Trinajstić information content (AvgIpc) is 3.08. The van der Waals surface area contributed by atoms with E-state index in [2.05, 4.69) is 45.1 Å². The number of rotatable bonds is 1. The molecule has 138 valence electrons. The van der Waals surface area contributed by atoms with Gasteiger partial charge in [0.15, 0.2) is 0 Å². The number of nitrogens with zero attached hydrogens (tertiary/aromatic N) is 5. The average molecular weight is 371 g/mol. The molecular weight excluding hydrogens is 353 g/mol. The number of hydrogen-bond acceptors (Lipinski definition) is 4. The van der Waals surface area contributed by atoms with E-state index in [0.29, 0.717) is 17.2 Å². The Morgan fingerprint density at radius 1 is 1.14 bits per heavy atom. The van der Waals surface area contributed by atoms with Gasteiger partial charge in [0.25, 0.3) is 5.78 Å². The second-order valence-electron chi connectivity index (χ2n) is 6.90. The third-order valence-corrected chi connectivity index (χ3v) is 5.20. The second kappa shape index (κ2) is 6.61. The predicted octanol–water partition coefficient (Wildman–Crippen LogP) is 4.26. The van der Waals surface area contributed by atoms with Crippen molar-refractivity contribution >= 4 is 28.2 Å². The molecular formula is C22H18FN5. The number of benzene rings is 2. The van der Waals surface area contributed by atoms with Crippen LogP contribution in [0.4, 0.5) is 15.9 Å².